The Bertz CT molecular complexity index is 1270. The number of thiophene rings is 1. The molecule has 31 heavy (non-hydrogen) atoms. The van der Waals surface area contributed by atoms with E-state index in [-0.39, 0.29) is 10.8 Å². The second kappa shape index (κ2) is 8.75. The zero-order valence-corrected chi connectivity index (χ0v) is 18.3. The third-order valence-electron chi connectivity index (χ3n) is 4.64. The van der Waals surface area contributed by atoms with E-state index in [1.54, 1.807) is 48.6 Å². The minimum atomic E-state index is -3.74. The first-order valence-electron chi connectivity index (χ1n) is 9.57. The molecule has 0 aliphatic rings. The first-order chi connectivity index (χ1) is 15.0. The summed E-state index contributed by atoms with van der Waals surface area (Å²) in [5.41, 5.74) is 1.74. The Kier molecular flexibility index (Phi) is 5.88. The number of anilines is 2. The lowest BCUT2D eigenvalue weighted by molar-refractivity contribution is 0.102. The Morgan fingerprint density at radius 2 is 1.81 bits per heavy atom. The molecule has 7 nitrogen and oxygen atoms in total. The van der Waals surface area contributed by atoms with Gasteiger partial charge in [0.15, 0.2) is 5.82 Å². The van der Waals surface area contributed by atoms with Crippen LogP contribution in [0.15, 0.2) is 83.1 Å². The van der Waals surface area contributed by atoms with Crippen LogP contribution >= 0.6 is 11.3 Å². The molecule has 0 radical (unpaired) electrons. The molecule has 158 valence electrons. The third kappa shape index (κ3) is 4.37. The van der Waals surface area contributed by atoms with Crippen molar-refractivity contribution in [3.05, 3.63) is 83.7 Å². The Morgan fingerprint density at radius 3 is 2.45 bits per heavy atom. The van der Waals surface area contributed by atoms with Crippen molar-refractivity contribution in [2.45, 2.75) is 11.8 Å². The predicted octanol–water partition coefficient (Wildman–Crippen LogP) is 4.61. The standard InChI is InChI=1S/C22H20N4O3S2/c1-2-26(17-7-4-3-5-8-17)31(28,29)18-12-10-16(11-13-18)22(27)23-21-15-19(24-25-21)20-9-6-14-30-20/h3-15H,2H2,1H3,(H2,23,24,25,27). The van der Waals surface area contributed by atoms with Crippen LogP contribution in [0.1, 0.15) is 17.3 Å². The van der Waals surface area contributed by atoms with Crippen molar-refractivity contribution in [1.82, 2.24) is 10.2 Å². The van der Waals surface area contributed by atoms with Gasteiger partial charge in [-0.2, -0.15) is 5.10 Å². The molecule has 0 saturated heterocycles. The Hall–Kier alpha value is -3.43. The molecule has 2 aromatic carbocycles. The summed E-state index contributed by atoms with van der Waals surface area (Å²) in [6, 6.07) is 20.4. The second-order valence-electron chi connectivity index (χ2n) is 6.63. The van der Waals surface area contributed by atoms with Gasteiger partial charge in [-0.25, -0.2) is 8.42 Å². The smallest absolute Gasteiger partial charge is 0.264 e. The summed E-state index contributed by atoms with van der Waals surface area (Å²) in [4.78, 5) is 13.7. The SMILES string of the molecule is CCN(c1ccccc1)S(=O)(=O)c1ccc(C(=O)Nc2cc(-c3cccs3)[nH]n2)cc1. The van der Waals surface area contributed by atoms with Gasteiger partial charge < -0.3 is 5.32 Å². The highest BCUT2D eigenvalue weighted by atomic mass is 32.2. The number of H-pyrrole nitrogens is 1. The highest BCUT2D eigenvalue weighted by molar-refractivity contribution is 7.92. The van der Waals surface area contributed by atoms with E-state index in [4.69, 9.17) is 0 Å². The third-order valence-corrected chi connectivity index (χ3v) is 7.46. The van der Waals surface area contributed by atoms with E-state index >= 15 is 0 Å². The van der Waals surface area contributed by atoms with Gasteiger partial charge in [0.1, 0.15) is 0 Å². The molecule has 0 fully saturated rings. The maximum Gasteiger partial charge on any atom is 0.264 e. The van der Waals surface area contributed by atoms with Crippen LogP contribution in [-0.2, 0) is 10.0 Å². The molecule has 2 N–H and O–H groups in total. The quantitative estimate of drug-likeness (QED) is 0.428. The molecule has 0 aliphatic heterocycles. The second-order valence-corrected chi connectivity index (χ2v) is 9.44. The summed E-state index contributed by atoms with van der Waals surface area (Å²) in [6.07, 6.45) is 0. The zero-order chi connectivity index (χ0) is 21.8. The maximum absolute atomic E-state index is 13.1. The summed E-state index contributed by atoms with van der Waals surface area (Å²) in [7, 11) is -3.74. The monoisotopic (exact) mass is 452 g/mol. The van der Waals surface area contributed by atoms with E-state index in [0.29, 0.717) is 23.6 Å². The van der Waals surface area contributed by atoms with Crippen molar-refractivity contribution >= 4 is 38.8 Å². The summed E-state index contributed by atoms with van der Waals surface area (Å²) in [5.74, 6) is 0.0231. The Balaban J connectivity index is 1.50. The van der Waals surface area contributed by atoms with Crippen LogP contribution in [0.2, 0.25) is 0 Å². The van der Waals surface area contributed by atoms with Crippen LogP contribution in [0.5, 0.6) is 0 Å². The van der Waals surface area contributed by atoms with Crippen molar-refractivity contribution in [2.75, 3.05) is 16.2 Å². The molecule has 0 spiro atoms. The fourth-order valence-electron chi connectivity index (χ4n) is 3.12. The number of para-hydroxylation sites is 1. The van der Waals surface area contributed by atoms with E-state index < -0.39 is 10.0 Å². The van der Waals surface area contributed by atoms with E-state index in [0.717, 1.165) is 10.6 Å². The van der Waals surface area contributed by atoms with Gasteiger partial charge in [-0.3, -0.25) is 14.2 Å². The Labute approximate surface area is 184 Å². The molecule has 0 aliphatic carbocycles. The average Bonchev–Trinajstić information content (AvgIpc) is 3.47. The lowest BCUT2D eigenvalue weighted by atomic mass is 10.2. The lowest BCUT2D eigenvalue weighted by Gasteiger charge is -2.23. The van der Waals surface area contributed by atoms with Crippen molar-refractivity contribution in [3.63, 3.8) is 0 Å². The zero-order valence-electron chi connectivity index (χ0n) is 16.6. The van der Waals surface area contributed by atoms with Crippen LogP contribution in [-0.4, -0.2) is 31.1 Å². The minimum absolute atomic E-state index is 0.120. The number of carbonyl (C=O) groups is 1. The molecule has 0 bridgehead atoms. The minimum Gasteiger partial charge on any atom is -0.305 e. The number of aromatic nitrogens is 2. The molecular weight excluding hydrogens is 432 g/mol. The number of nitrogens with one attached hydrogen (secondary N) is 2. The number of sulfonamides is 1. The highest BCUT2D eigenvalue weighted by Crippen LogP contribution is 2.25. The maximum atomic E-state index is 13.1. The van der Waals surface area contributed by atoms with Crippen molar-refractivity contribution in [1.29, 1.82) is 0 Å². The summed E-state index contributed by atoms with van der Waals surface area (Å²) >= 11 is 1.57. The molecule has 2 heterocycles. The van der Waals surface area contributed by atoms with Crippen molar-refractivity contribution in [2.24, 2.45) is 0 Å². The van der Waals surface area contributed by atoms with E-state index in [1.165, 1.54) is 28.6 Å². The molecule has 0 saturated carbocycles. The largest absolute Gasteiger partial charge is 0.305 e. The molecule has 9 heteroatoms. The number of benzene rings is 2. The topological polar surface area (TPSA) is 95.2 Å². The number of hydrogen-bond donors (Lipinski definition) is 2. The van der Waals surface area contributed by atoms with Gasteiger partial charge in [0, 0.05) is 18.2 Å². The highest BCUT2D eigenvalue weighted by Gasteiger charge is 2.23. The fraction of sp³-hybridized carbons (Fsp3) is 0.0909. The molecule has 2 aromatic heterocycles. The molecule has 4 rings (SSSR count). The van der Waals surface area contributed by atoms with Gasteiger partial charge in [-0.15, -0.1) is 11.3 Å². The van der Waals surface area contributed by atoms with Crippen LogP contribution in [0.25, 0.3) is 10.6 Å². The number of amides is 1. The normalized spacial score (nSPS) is 11.3. The first-order valence-corrected chi connectivity index (χ1v) is 11.9. The van der Waals surface area contributed by atoms with E-state index in [9.17, 15) is 13.2 Å². The van der Waals surface area contributed by atoms with Crippen LogP contribution in [0, 0.1) is 0 Å². The van der Waals surface area contributed by atoms with Gasteiger partial charge in [-0.1, -0.05) is 24.3 Å². The fourth-order valence-corrected chi connectivity index (χ4v) is 5.29. The first kappa shape index (κ1) is 20.8. The number of rotatable bonds is 7. The number of aromatic amines is 1. The number of hydrogen-bond acceptors (Lipinski definition) is 5. The molecule has 1 amide bonds. The van der Waals surface area contributed by atoms with Gasteiger partial charge in [0.05, 0.1) is 21.2 Å². The lowest BCUT2D eigenvalue weighted by Crippen LogP contribution is -2.30. The molecule has 0 atom stereocenters. The Morgan fingerprint density at radius 1 is 1.06 bits per heavy atom. The van der Waals surface area contributed by atoms with Gasteiger partial charge in [0.25, 0.3) is 15.9 Å². The van der Waals surface area contributed by atoms with Gasteiger partial charge in [0.2, 0.25) is 0 Å². The predicted molar refractivity (Wildman–Crippen MR) is 123 cm³/mol. The number of carbonyl (C=O) groups excluding carboxylic acids is 1. The van der Waals surface area contributed by atoms with E-state index in [2.05, 4.69) is 15.5 Å². The van der Waals surface area contributed by atoms with E-state index in [1.807, 2.05) is 23.6 Å². The number of nitrogens with zero attached hydrogens (tertiary/aromatic N) is 2. The van der Waals surface area contributed by atoms with Crippen LogP contribution in [0.4, 0.5) is 11.5 Å². The average molecular weight is 453 g/mol. The van der Waals surface area contributed by atoms with Crippen LogP contribution < -0.4 is 9.62 Å². The summed E-state index contributed by atoms with van der Waals surface area (Å²) < 4.78 is 27.5. The van der Waals surface area contributed by atoms with Crippen molar-refractivity contribution in [3.8, 4) is 10.6 Å². The molecular formula is C22H20N4O3S2. The van der Waals surface area contributed by atoms with Gasteiger partial charge >= 0.3 is 0 Å². The summed E-state index contributed by atoms with van der Waals surface area (Å²) in [6.45, 7) is 2.07. The summed E-state index contributed by atoms with van der Waals surface area (Å²) in [5, 5.41) is 11.7. The van der Waals surface area contributed by atoms with Crippen molar-refractivity contribution < 1.29 is 13.2 Å². The molecule has 0 unspecified atom stereocenters. The van der Waals surface area contributed by atoms with Crippen LogP contribution in [0.3, 0.4) is 0 Å². The van der Waals surface area contributed by atoms with Gasteiger partial charge in [-0.05, 0) is 54.8 Å². The molecule has 4 aromatic rings.